The maximum Gasteiger partial charge on any atom is 0.446 e. The Balaban J connectivity index is 3.02. The Morgan fingerprint density at radius 3 is 2.29 bits per heavy atom. The number of allylic oxidation sites excluding steroid dienone is 4. The Bertz CT molecular complexity index is 1280. The molecule has 214 valence electrons. The summed E-state index contributed by atoms with van der Waals surface area (Å²) in [7, 11) is -9.35. The maximum atomic E-state index is 11.4. The number of rotatable bonds is 16. The number of phenolic OH excluding ortho intramolecular Hbond substituents is 2. The summed E-state index contributed by atoms with van der Waals surface area (Å²) < 4.78 is 67.2. The molecule has 0 aliphatic heterocycles. The molecule has 1 atom stereocenters. The van der Waals surface area contributed by atoms with Crippen LogP contribution >= 0.6 is 0 Å². The minimum Gasteiger partial charge on any atom is -0.504 e. The molecule has 1 unspecified atom stereocenters. The van der Waals surface area contributed by atoms with E-state index in [0.29, 0.717) is 19.3 Å². The smallest absolute Gasteiger partial charge is 0.446 e. The first kappa shape index (κ1) is 33.1. The molecular formula is C24H35NO11S2. The Morgan fingerprint density at radius 1 is 1.08 bits per heavy atom. The van der Waals surface area contributed by atoms with E-state index < -0.39 is 61.6 Å². The van der Waals surface area contributed by atoms with Crippen molar-refractivity contribution in [2.24, 2.45) is 10.9 Å². The van der Waals surface area contributed by atoms with Gasteiger partial charge < -0.3 is 19.5 Å². The summed E-state index contributed by atoms with van der Waals surface area (Å²) in [5.74, 6) is -3.86. The SMILES string of the molecule is CC(=CCc1cc(O)c(O)c(C=NCCS(=O)(=O)O)c1OS(=O)(=O)O)CCC=C(C)CCCC(C)C(=O)O. The zero-order chi connectivity index (χ0) is 29.1. The molecule has 38 heavy (non-hydrogen) atoms. The van der Waals surface area contributed by atoms with Crippen LogP contribution in [0.3, 0.4) is 0 Å². The van der Waals surface area contributed by atoms with Crippen LogP contribution in [0.2, 0.25) is 0 Å². The van der Waals surface area contributed by atoms with Crippen LogP contribution in [0.5, 0.6) is 17.2 Å². The highest BCUT2D eigenvalue weighted by Crippen LogP contribution is 2.39. The van der Waals surface area contributed by atoms with Gasteiger partial charge in [0.2, 0.25) is 0 Å². The number of carboxylic acids is 1. The fourth-order valence-corrected chi connectivity index (χ4v) is 4.11. The van der Waals surface area contributed by atoms with Gasteiger partial charge in [-0.2, -0.15) is 16.8 Å². The monoisotopic (exact) mass is 577 g/mol. The van der Waals surface area contributed by atoms with Crippen molar-refractivity contribution in [2.75, 3.05) is 12.3 Å². The van der Waals surface area contributed by atoms with Crippen molar-refractivity contribution in [3.05, 3.63) is 40.5 Å². The number of aromatic hydroxyl groups is 2. The molecule has 1 aromatic rings. The van der Waals surface area contributed by atoms with Gasteiger partial charge in [0, 0.05) is 11.8 Å². The van der Waals surface area contributed by atoms with Crippen molar-refractivity contribution in [3.8, 4) is 17.2 Å². The van der Waals surface area contributed by atoms with Gasteiger partial charge in [0.25, 0.3) is 10.1 Å². The number of aliphatic imine (C=N–C) groups is 1. The van der Waals surface area contributed by atoms with Crippen LogP contribution < -0.4 is 4.18 Å². The predicted octanol–water partition coefficient (Wildman–Crippen LogP) is 3.69. The second kappa shape index (κ2) is 14.9. The van der Waals surface area contributed by atoms with Gasteiger partial charge >= 0.3 is 16.4 Å². The van der Waals surface area contributed by atoms with E-state index in [0.717, 1.165) is 36.3 Å². The number of carboxylic acid groups (broad SMARTS) is 1. The summed E-state index contributed by atoms with van der Waals surface area (Å²) in [5.41, 5.74) is 1.74. The van der Waals surface area contributed by atoms with Crippen molar-refractivity contribution < 1.29 is 50.2 Å². The predicted molar refractivity (Wildman–Crippen MR) is 142 cm³/mol. The Morgan fingerprint density at radius 2 is 1.71 bits per heavy atom. The first-order valence-electron chi connectivity index (χ1n) is 11.7. The molecule has 0 aromatic heterocycles. The van der Waals surface area contributed by atoms with Crippen LogP contribution in [0.4, 0.5) is 0 Å². The van der Waals surface area contributed by atoms with Crippen LogP contribution in [0, 0.1) is 5.92 Å². The third-order valence-corrected chi connectivity index (χ3v) is 6.64. The van der Waals surface area contributed by atoms with E-state index >= 15 is 0 Å². The standard InChI is InChI=1S/C24H35NO11S2/c1-16(8-5-9-18(3)24(28)29)6-4-7-17(2)10-11-19-14-21(26)22(27)20(23(19)36-38(33,34)35)15-25-12-13-37(30,31)32/h6,10,14-15,18,26-27H,4-5,7-9,11-13H2,1-3H3,(H,28,29)(H,30,31,32)(H,33,34,35). The first-order chi connectivity index (χ1) is 17.5. The molecule has 0 fully saturated rings. The lowest BCUT2D eigenvalue weighted by Gasteiger charge is -2.14. The summed E-state index contributed by atoms with van der Waals surface area (Å²) in [6.07, 6.45) is 8.25. The van der Waals surface area contributed by atoms with Crippen molar-refractivity contribution in [1.82, 2.24) is 0 Å². The zero-order valence-corrected chi connectivity index (χ0v) is 23.1. The first-order valence-corrected chi connectivity index (χ1v) is 14.7. The number of benzene rings is 1. The van der Waals surface area contributed by atoms with Crippen LogP contribution in [0.25, 0.3) is 0 Å². The van der Waals surface area contributed by atoms with E-state index in [1.807, 2.05) is 13.8 Å². The number of carbonyl (C=O) groups is 1. The highest BCUT2D eigenvalue weighted by molar-refractivity contribution is 7.85. The van der Waals surface area contributed by atoms with Crippen LogP contribution in [0.15, 0.2) is 34.4 Å². The molecule has 1 rings (SSSR count). The summed E-state index contributed by atoms with van der Waals surface area (Å²) >= 11 is 0. The topological polar surface area (TPSA) is 208 Å². The zero-order valence-electron chi connectivity index (χ0n) is 21.5. The minimum atomic E-state index is -5.04. The third-order valence-electron chi connectivity index (χ3n) is 5.56. The van der Waals surface area contributed by atoms with Crippen molar-refractivity contribution in [1.29, 1.82) is 0 Å². The van der Waals surface area contributed by atoms with Gasteiger partial charge in [0.05, 0.1) is 23.8 Å². The van der Waals surface area contributed by atoms with E-state index in [2.05, 4.69) is 15.3 Å². The summed E-state index contributed by atoms with van der Waals surface area (Å²) in [6.45, 7) is 5.06. The molecule has 0 aliphatic rings. The Labute approximate surface area is 223 Å². The molecular weight excluding hydrogens is 542 g/mol. The minimum absolute atomic E-state index is 0.0478. The largest absolute Gasteiger partial charge is 0.504 e. The lowest BCUT2D eigenvalue weighted by Crippen LogP contribution is -2.11. The van der Waals surface area contributed by atoms with Crippen molar-refractivity contribution >= 4 is 32.7 Å². The van der Waals surface area contributed by atoms with Crippen molar-refractivity contribution in [3.63, 3.8) is 0 Å². The van der Waals surface area contributed by atoms with Gasteiger partial charge in [0.15, 0.2) is 17.2 Å². The van der Waals surface area contributed by atoms with Crippen LogP contribution in [0.1, 0.15) is 64.0 Å². The molecule has 0 amide bonds. The molecule has 0 radical (unpaired) electrons. The van der Waals surface area contributed by atoms with Crippen molar-refractivity contribution in [2.45, 2.75) is 59.3 Å². The maximum absolute atomic E-state index is 11.4. The summed E-state index contributed by atoms with van der Waals surface area (Å²) in [4.78, 5) is 14.6. The average Bonchev–Trinajstić information content (AvgIpc) is 2.77. The Kier molecular flexibility index (Phi) is 12.9. The number of hydrogen-bond acceptors (Lipinski definition) is 9. The Hall–Kier alpha value is -2.94. The lowest BCUT2D eigenvalue weighted by molar-refractivity contribution is -0.141. The highest BCUT2D eigenvalue weighted by atomic mass is 32.3. The normalized spacial score (nSPS) is 14.1. The number of hydrogen-bond donors (Lipinski definition) is 5. The van der Waals surface area contributed by atoms with E-state index in [1.165, 1.54) is 0 Å². The van der Waals surface area contributed by atoms with Gasteiger partial charge in [-0.25, -0.2) is 0 Å². The number of aliphatic carboxylic acids is 1. The van der Waals surface area contributed by atoms with E-state index in [4.69, 9.17) is 9.66 Å². The summed E-state index contributed by atoms with van der Waals surface area (Å²) in [5, 5.41) is 29.3. The van der Waals surface area contributed by atoms with Crippen LogP contribution in [-0.2, 0) is 31.7 Å². The average molecular weight is 578 g/mol. The molecule has 0 aliphatic carbocycles. The quantitative estimate of drug-likeness (QED) is 0.0828. The summed E-state index contributed by atoms with van der Waals surface area (Å²) in [6, 6.07) is 1.07. The highest BCUT2D eigenvalue weighted by Gasteiger charge is 2.22. The number of phenols is 2. The molecule has 12 nitrogen and oxygen atoms in total. The molecule has 14 heteroatoms. The van der Waals surface area contributed by atoms with E-state index in [-0.39, 0.29) is 17.9 Å². The van der Waals surface area contributed by atoms with Gasteiger partial charge in [0.1, 0.15) is 0 Å². The molecule has 5 N–H and O–H groups in total. The fourth-order valence-electron chi connectivity index (χ4n) is 3.36. The van der Waals surface area contributed by atoms with Gasteiger partial charge in [-0.1, -0.05) is 30.2 Å². The second-order valence-electron chi connectivity index (χ2n) is 8.95. The molecule has 0 saturated heterocycles. The van der Waals surface area contributed by atoms with E-state index in [1.54, 1.807) is 13.0 Å². The number of nitrogens with zero attached hydrogens (tertiary/aromatic N) is 1. The van der Waals surface area contributed by atoms with E-state index in [9.17, 15) is 36.4 Å². The van der Waals surface area contributed by atoms with Gasteiger partial charge in [-0.05, 0) is 58.4 Å². The molecule has 0 spiro atoms. The third kappa shape index (κ3) is 13.0. The fraction of sp³-hybridized carbons (Fsp3) is 0.500. The molecule has 0 saturated carbocycles. The van der Waals surface area contributed by atoms with Gasteiger partial charge in [-0.15, -0.1) is 0 Å². The van der Waals surface area contributed by atoms with Gasteiger partial charge in [-0.3, -0.25) is 18.9 Å². The lowest BCUT2D eigenvalue weighted by atomic mass is 10.00. The molecule has 0 bridgehead atoms. The molecule has 1 aromatic carbocycles. The van der Waals surface area contributed by atoms with Crippen LogP contribution in [-0.4, -0.2) is 65.7 Å². The molecule has 0 heterocycles. The second-order valence-corrected chi connectivity index (χ2v) is 11.5.